The van der Waals surface area contributed by atoms with Crippen molar-refractivity contribution in [1.29, 1.82) is 0 Å². The average Bonchev–Trinajstić information content (AvgIpc) is 2.79. The molecule has 144 valence electrons. The van der Waals surface area contributed by atoms with E-state index < -0.39 is 17.5 Å². The number of aliphatic carboxylic acids is 1. The van der Waals surface area contributed by atoms with Gasteiger partial charge in [0.05, 0.1) is 0 Å². The number of fused-ring (bicyclic) bond motifs is 3. The van der Waals surface area contributed by atoms with Gasteiger partial charge in [-0.1, -0.05) is 19.1 Å². The highest BCUT2D eigenvalue weighted by molar-refractivity contribution is 5.77. The summed E-state index contributed by atoms with van der Waals surface area (Å²) in [6.45, 7) is 9.92. The molecule has 2 bridgehead atoms. The molecule has 0 saturated heterocycles. The molecular formula is C22H32O4. The van der Waals surface area contributed by atoms with Crippen LogP contribution >= 0.6 is 0 Å². The standard InChI is InChI=1S/C22H32O4/c1-13-11-22-10-7-16-20(3,17(22)6-5-15(13)12-22)9-8-18(26-14(2)23)21(16,4)19(24)25/h15-18H,1,5-12H2,2-4H3,(H,24,25)/t15-,16+,17+,18-,20-,21-,22-/m1/s1. The van der Waals surface area contributed by atoms with E-state index in [1.165, 1.54) is 31.8 Å². The van der Waals surface area contributed by atoms with E-state index in [0.717, 1.165) is 25.7 Å². The van der Waals surface area contributed by atoms with Gasteiger partial charge in [-0.3, -0.25) is 9.59 Å². The molecule has 4 heteroatoms. The van der Waals surface area contributed by atoms with Gasteiger partial charge in [0.2, 0.25) is 0 Å². The summed E-state index contributed by atoms with van der Waals surface area (Å²) in [5.41, 5.74) is 0.799. The maximum atomic E-state index is 12.4. The quantitative estimate of drug-likeness (QED) is 0.578. The molecule has 1 spiro atoms. The van der Waals surface area contributed by atoms with Gasteiger partial charge in [-0.15, -0.1) is 0 Å². The van der Waals surface area contributed by atoms with Crippen molar-refractivity contribution in [2.75, 3.05) is 0 Å². The van der Waals surface area contributed by atoms with Crippen LogP contribution in [0.4, 0.5) is 0 Å². The Morgan fingerprint density at radius 2 is 1.85 bits per heavy atom. The largest absolute Gasteiger partial charge is 0.481 e. The fourth-order valence-electron chi connectivity index (χ4n) is 7.92. The zero-order valence-corrected chi connectivity index (χ0v) is 16.3. The van der Waals surface area contributed by atoms with Crippen LogP contribution in [0, 0.1) is 34.0 Å². The van der Waals surface area contributed by atoms with E-state index in [4.69, 9.17) is 4.74 Å². The molecule has 0 aliphatic heterocycles. The Kier molecular flexibility index (Phi) is 3.88. The van der Waals surface area contributed by atoms with Gasteiger partial charge in [-0.25, -0.2) is 0 Å². The van der Waals surface area contributed by atoms with Crippen molar-refractivity contribution >= 4 is 11.9 Å². The van der Waals surface area contributed by atoms with Crippen LogP contribution in [0.25, 0.3) is 0 Å². The molecule has 4 nitrogen and oxygen atoms in total. The molecule has 0 amide bonds. The molecule has 4 aliphatic carbocycles. The predicted octanol–water partition coefficient (Wildman–Crippen LogP) is 4.58. The van der Waals surface area contributed by atoms with Crippen LogP contribution in [0.5, 0.6) is 0 Å². The Morgan fingerprint density at radius 3 is 2.50 bits per heavy atom. The smallest absolute Gasteiger partial charge is 0.313 e. The van der Waals surface area contributed by atoms with E-state index in [9.17, 15) is 14.7 Å². The normalized spacial score (nSPS) is 49.9. The third-order valence-corrected chi connectivity index (χ3v) is 8.98. The second-order valence-corrected chi connectivity index (χ2v) is 10.1. The fraction of sp³-hybridized carbons (Fsp3) is 0.818. The number of carbonyl (C=O) groups is 2. The lowest BCUT2D eigenvalue weighted by molar-refractivity contribution is -0.212. The van der Waals surface area contributed by atoms with Gasteiger partial charge >= 0.3 is 11.9 Å². The van der Waals surface area contributed by atoms with Crippen LogP contribution < -0.4 is 0 Å². The number of ether oxygens (including phenoxy) is 1. The maximum absolute atomic E-state index is 12.4. The Balaban J connectivity index is 1.73. The van der Waals surface area contributed by atoms with Crippen LogP contribution in [0.3, 0.4) is 0 Å². The molecule has 0 aromatic carbocycles. The molecule has 0 unspecified atom stereocenters. The SMILES string of the molecule is C=C1C[C@@]23CC[C@H]4[C@@](C)(CC[C@@H](OC(C)=O)[C@]4(C)C(=O)O)[C@@H]2CC[C@@H]1C3. The van der Waals surface area contributed by atoms with Gasteiger partial charge in [0.25, 0.3) is 0 Å². The number of rotatable bonds is 2. The molecule has 4 aliphatic rings. The Bertz CT molecular complexity index is 669. The van der Waals surface area contributed by atoms with Gasteiger partial charge in [0.1, 0.15) is 11.5 Å². The predicted molar refractivity (Wildman–Crippen MR) is 98.4 cm³/mol. The molecule has 26 heavy (non-hydrogen) atoms. The van der Waals surface area contributed by atoms with Gasteiger partial charge in [0, 0.05) is 6.92 Å². The Morgan fingerprint density at radius 1 is 1.12 bits per heavy atom. The lowest BCUT2D eigenvalue weighted by Gasteiger charge is -2.64. The first-order chi connectivity index (χ1) is 12.1. The lowest BCUT2D eigenvalue weighted by Crippen LogP contribution is -2.63. The number of esters is 1. The summed E-state index contributed by atoms with van der Waals surface area (Å²) in [6.07, 6.45) is 7.94. The van der Waals surface area contributed by atoms with Crippen LogP contribution in [-0.4, -0.2) is 23.1 Å². The van der Waals surface area contributed by atoms with E-state index in [1.54, 1.807) is 0 Å². The minimum absolute atomic E-state index is 0.0115. The van der Waals surface area contributed by atoms with Gasteiger partial charge in [-0.05, 0) is 86.9 Å². The number of carboxylic acids is 1. The first kappa shape index (κ1) is 18.1. The zero-order valence-electron chi connectivity index (χ0n) is 16.3. The summed E-state index contributed by atoms with van der Waals surface area (Å²) in [7, 11) is 0. The van der Waals surface area contributed by atoms with Gasteiger partial charge in [0.15, 0.2) is 0 Å². The van der Waals surface area contributed by atoms with Crippen LogP contribution in [0.1, 0.15) is 72.1 Å². The highest BCUT2D eigenvalue weighted by Crippen LogP contribution is 2.72. The minimum Gasteiger partial charge on any atom is -0.481 e. The van der Waals surface area contributed by atoms with E-state index in [2.05, 4.69) is 13.5 Å². The second kappa shape index (κ2) is 5.59. The maximum Gasteiger partial charge on any atom is 0.313 e. The third-order valence-electron chi connectivity index (χ3n) is 8.98. The molecule has 7 atom stereocenters. The summed E-state index contributed by atoms with van der Waals surface area (Å²) >= 11 is 0. The highest BCUT2D eigenvalue weighted by atomic mass is 16.5. The second-order valence-electron chi connectivity index (χ2n) is 10.1. The summed E-state index contributed by atoms with van der Waals surface area (Å²) in [5.74, 6) is 0.147. The van der Waals surface area contributed by atoms with Crippen molar-refractivity contribution in [2.45, 2.75) is 78.2 Å². The van der Waals surface area contributed by atoms with Crippen molar-refractivity contribution in [3.8, 4) is 0 Å². The van der Waals surface area contributed by atoms with E-state index >= 15 is 0 Å². The number of allylic oxidation sites excluding steroid dienone is 1. The summed E-state index contributed by atoms with van der Waals surface area (Å²) in [6, 6.07) is 0. The van der Waals surface area contributed by atoms with Crippen LogP contribution in [0.2, 0.25) is 0 Å². The van der Waals surface area contributed by atoms with Crippen molar-refractivity contribution < 1.29 is 19.4 Å². The topological polar surface area (TPSA) is 63.6 Å². The fourth-order valence-corrected chi connectivity index (χ4v) is 7.92. The lowest BCUT2D eigenvalue weighted by atomic mass is 9.40. The molecule has 4 fully saturated rings. The van der Waals surface area contributed by atoms with Crippen molar-refractivity contribution in [3.63, 3.8) is 0 Å². The molecule has 4 saturated carbocycles. The minimum atomic E-state index is -0.993. The molecule has 0 aromatic heterocycles. The van der Waals surface area contributed by atoms with Crippen LogP contribution in [-0.2, 0) is 14.3 Å². The molecule has 1 N–H and O–H groups in total. The third kappa shape index (κ3) is 2.20. The van der Waals surface area contributed by atoms with Gasteiger partial charge in [-0.2, -0.15) is 0 Å². The van der Waals surface area contributed by atoms with Gasteiger partial charge < -0.3 is 9.84 Å². The molecule has 4 rings (SSSR count). The summed E-state index contributed by atoms with van der Waals surface area (Å²) in [5, 5.41) is 10.2. The molecule has 0 heterocycles. The first-order valence-electron chi connectivity index (χ1n) is 10.2. The monoisotopic (exact) mass is 360 g/mol. The summed E-state index contributed by atoms with van der Waals surface area (Å²) in [4.78, 5) is 24.0. The van der Waals surface area contributed by atoms with E-state index in [0.29, 0.717) is 23.7 Å². The number of carbonyl (C=O) groups excluding carboxylic acids is 1. The van der Waals surface area contributed by atoms with Crippen LogP contribution in [0.15, 0.2) is 12.2 Å². The first-order valence-corrected chi connectivity index (χ1v) is 10.2. The average molecular weight is 360 g/mol. The number of hydrogen-bond donors (Lipinski definition) is 1. The summed E-state index contributed by atoms with van der Waals surface area (Å²) < 4.78 is 5.54. The highest BCUT2D eigenvalue weighted by Gasteiger charge is 2.67. The molecule has 0 radical (unpaired) electrons. The van der Waals surface area contributed by atoms with Crippen molar-refractivity contribution in [2.24, 2.45) is 34.0 Å². The van der Waals surface area contributed by atoms with Crippen molar-refractivity contribution in [3.05, 3.63) is 12.2 Å². The number of carboxylic acid groups (broad SMARTS) is 1. The van der Waals surface area contributed by atoms with E-state index in [-0.39, 0.29) is 17.3 Å². The Labute approximate surface area is 156 Å². The molecular weight excluding hydrogens is 328 g/mol. The van der Waals surface area contributed by atoms with E-state index in [1.807, 2.05) is 6.92 Å². The molecule has 0 aromatic rings. The Hall–Kier alpha value is -1.32. The van der Waals surface area contributed by atoms with Crippen molar-refractivity contribution in [1.82, 2.24) is 0 Å². The zero-order chi connectivity index (χ0) is 18.9. The number of hydrogen-bond acceptors (Lipinski definition) is 3.